The Kier molecular flexibility index (Phi) is 6.11. The minimum absolute atomic E-state index is 0.477. The molecule has 2 aromatic heterocycles. The van der Waals surface area contributed by atoms with Gasteiger partial charge in [0.25, 0.3) is 0 Å². The third-order valence-corrected chi connectivity index (χ3v) is 8.02. The Balaban J connectivity index is 1.18. The number of benzene rings is 1. The van der Waals surface area contributed by atoms with Gasteiger partial charge in [-0.3, -0.25) is 19.8 Å². The molecule has 3 aromatic rings. The van der Waals surface area contributed by atoms with Gasteiger partial charge in [-0.05, 0) is 67.8 Å². The third-order valence-electron chi connectivity index (χ3n) is 8.02. The van der Waals surface area contributed by atoms with Crippen molar-refractivity contribution >= 4 is 16.6 Å². The summed E-state index contributed by atoms with van der Waals surface area (Å²) in [7, 11) is 0. The number of rotatable bonds is 3. The Morgan fingerprint density at radius 2 is 2.06 bits per heavy atom. The second kappa shape index (κ2) is 9.54. The molecule has 2 fully saturated rings. The quantitative estimate of drug-likeness (QED) is 0.635. The highest BCUT2D eigenvalue weighted by atomic mass is 15.3. The van der Waals surface area contributed by atoms with E-state index in [4.69, 9.17) is 4.98 Å². The van der Waals surface area contributed by atoms with Gasteiger partial charge in [0.1, 0.15) is 6.07 Å². The molecule has 5 heterocycles. The van der Waals surface area contributed by atoms with Gasteiger partial charge in [0.2, 0.25) is 0 Å². The Labute approximate surface area is 207 Å². The van der Waals surface area contributed by atoms with Crippen LogP contribution in [0.3, 0.4) is 0 Å². The van der Waals surface area contributed by atoms with Gasteiger partial charge in [-0.2, -0.15) is 5.26 Å². The van der Waals surface area contributed by atoms with Crippen molar-refractivity contribution in [3.63, 3.8) is 0 Å². The van der Waals surface area contributed by atoms with Crippen molar-refractivity contribution in [3.05, 3.63) is 65.1 Å². The van der Waals surface area contributed by atoms with Crippen molar-refractivity contribution in [3.8, 4) is 6.07 Å². The molecule has 0 spiro atoms. The van der Waals surface area contributed by atoms with Crippen LogP contribution >= 0.6 is 0 Å². The lowest BCUT2D eigenvalue weighted by Crippen LogP contribution is -2.58. The van der Waals surface area contributed by atoms with Gasteiger partial charge in [0.05, 0.1) is 16.8 Å². The van der Waals surface area contributed by atoms with Gasteiger partial charge >= 0.3 is 0 Å². The highest BCUT2D eigenvalue weighted by Gasteiger charge is 2.34. The van der Waals surface area contributed by atoms with Crippen LogP contribution in [0.4, 0.5) is 5.69 Å². The number of nitrogens with one attached hydrogen (secondary N) is 1. The Hall–Kier alpha value is -3.05. The molecule has 35 heavy (non-hydrogen) atoms. The molecule has 2 saturated heterocycles. The number of hydrogen-bond acceptors (Lipinski definition) is 7. The molecule has 6 rings (SSSR count). The fourth-order valence-corrected chi connectivity index (χ4v) is 6.18. The number of piperazine rings is 1. The van der Waals surface area contributed by atoms with Gasteiger partial charge in [-0.15, -0.1) is 0 Å². The van der Waals surface area contributed by atoms with Crippen LogP contribution < -0.4 is 10.2 Å². The predicted octanol–water partition coefficient (Wildman–Crippen LogP) is 2.93. The molecule has 0 bridgehead atoms. The largest absolute Gasteiger partial charge is 0.368 e. The third kappa shape index (κ3) is 4.38. The van der Waals surface area contributed by atoms with Crippen molar-refractivity contribution in [2.45, 2.75) is 44.9 Å². The maximum absolute atomic E-state index is 9.53. The Morgan fingerprint density at radius 1 is 1.11 bits per heavy atom. The van der Waals surface area contributed by atoms with Gasteiger partial charge in [0, 0.05) is 81.4 Å². The van der Waals surface area contributed by atoms with E-state index in [0.29, 0.717) is 17.6 Å². The molecule has 2 atom stereocenters. The lowest BCUT2D eigenvalue weighted by atomic mass is 10.0. The van der Waals surface area contributed by atoms with Gasteiger partial charge in [0.15, 0.2) is 0 Å². The summed E-state index contributed by atoms with van der Waals surface area (Å²) in [6.45, 7) is 10.6. The van der Waals surface area contributed by atoms with Crippen LogP contribution in [-0.2, 0) is 19.5 Å². The summed E-state index contributed by atoms with van der Waals surface area (Å²) in [6, 6.07) is 13.8. The van der Waals surface area contributed by atoms with E-state index in [1.807, 2.05) is 12.1 Å². The summed E-state index contributed by atoms with van der Waals surface area (Å²) in [5, 5.41) is 14.0. The standard InChI is InChI=1S/C28H33N7/c1-20-17-34(27-5-4-22(14-29)28-26(27)3-2-8-31-28)19-25-7-10-33(11-12-35(20)25)18-24-13-21-6-9-30-15-23(21)16-32-24/h2-5,8,13,16,20,25,30H,6-7,9-12,15,17-19H2,1H3/t20-,25+/m1/s1. The lowest BCUT2D eigenvalue weighted by molar-refractivity contribution is 0.127. The van der Waals surface area contributed by atoms with Crippen LogP contribution in [0.25, 0.3) is 10.9 Å². The maximum Gasteiger partial charge on any atom is 0.101 e. The summed E-state index contributed by atoms with van der Waals surface area (Å²) in [6.07, 6.45) is 6.12. The molecule has 7 nitrogen and oxygen atoms in total. The molecule has 3 aliphatic rings. The van der Waals surface area contributed by atoms with Crippen LogP contribution in [0.2, 0.25) is 0 Å². The molecule has 1 N–H and O–H groups in total. The number of fused-ring (bicyclic) bond motifs is 3. The zero-order chi connectivity index (χ0) is 23.8. The molecule has 0 radical (unpaired) electrons. The second-order valence-electron chi connectivity index (χ2n) is 10.2. The zero-order valence-electron chi connectivity index (χ0n) is 20.5. The first-order valence-corrected chi connectivity index (χ1v) is 12.9. The summed E-state index contributed by atoms with van der Waals surface area (Å²) in [4.78, 5) is 17.1. The van der Waals surface area contributed by atoms with E-state index < -0.39 is 0 Å². The smallest absolute Gasteiger partial charge is 0.101 e. The number of pyridine rings is 2. The first kappa shape index (κ1) is 22.4. The molecular weight excluding hydrogens is 434 g/mol. The van der Waals surface area contributed by atoms with Crippen molar-refractivity contribution < 1.29 is 0 Å². The molecule has 7 heteroatoms. The first-order chi connectivity index (χ1) is 17.2. The van der Waals surface area contributed by atoms with Crippen LogP contribution in [0.5, 0.6) is 0 Å². The second-order valence-corrected chi connectivity index (χ2v) is 10.2. The Bertz CT molecular complexity index is 1270. The predicted molar refractivity (Wildman–Crippen MR) is 138 cm³/mol. The van der Waals surface area contributed by atoms with Gasteiger partial charge < -0.3 is 10.2 Å². The monoisotopic (exact) mass is 467 g/mol. The molecule has 0 amide bonds. The highest BCUT2D eigenvalue weighted by Crippen LogP contribution is 2.32. The minimum atomic E-state index is 0.477. The summed E-state index contributed by atoms with van der Waals surface area (Å²) >= 11 is 0. The van der Waals surface area contributed by atoms with Crippen LogP contribution in [0.15, 0.2) is 42.7 Å². The van der Waals surface area contributed by atoms with E-state index >= 15 is 0 Å². The summed E-state index contributed by atoms with van der Waals surface area (Å²) in [5.74, 6) is 0. The van der Waals surface area contributed by atoms with Crippen molar-refractivity contribution in [1.29, 1.82) is 5.26 Å². The van der Waals surface area contributed by atoms with Crippen LogP contribution in [0, 0.1) is 11.3 Å². The fraction of sp³-hybridized carbons (Fsp3) is 0.464. The van der Waals surface area contributed by atoms with E-state index in [0.717, 1.165) is 76.1 Å². The molecule has 0 saturated carbocycles. The lowest BCUT2D eigenvalue weighted by Gasteiger charge is -2.46. The normalized spacial score (nSPS) is 23.4. The first-order valence-electron chi connectivity index (χ1n) is 12.9. The minimum Gasteiger partial charge on any atom is -0.368 e. The van der Waals surface area contributed by atoms with Crippen LogP contribution in [0.1, 0.15) is 35.7 Å². The van der Waals surface area contributed by atoms with E-state index in [2.05, 4.69) is 62.4 Å². The highest BCUT2D eigenvalue weighted by molar-refractivity contribution is 5.95. The molecule has 0 unspecified atom stereocenters. The molecule has 3 aliphatic heterocycles. The van der Waals surface area contributed by atoms with Crippen molar-refractivity contribution in [2.24, 2.45) is 0 Å². The molecule has 1 aromatic carbocycles. The van der Waals surface area contributed by atoms with E-state index in [9.17, 15) is 5.26 Å². The van der Waals surface area contributed by atoms with Gasteiger partial charge in [-0.25, -0.2) is 0 Å². The van der Waals surface area contributed by atoms with E-state index in [-0.39, 0.29) is 0 Å². The molecule has 0 aliphatic carbocycles. The number of nitrogens with zero attached hydrogens (tertiary/aromatic N) is 6. The SMILES string of the molecule is C[C@@H]1CN(c2ccc(C#N)c3ncccc23)C[C@@H]2CCN(Cc3cc4c(cn3)CNCC4)CCN21. The number of aromatic nitrogens is 2. The fourth-order valence-electron chi connectivity index (χ4n) is 6.18. The molecular formula is C28H33N7. The van der Waals surface area contributed by atoms with Gasteiger partial charge in [-0.1, -0.05) is 0 Å². The number of hydrogen-bond donors (Lipinski definition) is 1. The average Bonchev–Trinajstić information content (AvgIpc) is 3.10. The van der Waals surface area contributed by atoms with E-state index in [1.54, 1.807) is 6.20 Å². The summed E-state index contributed by atoms with van der Waals surface area (Å²) in [5.41, 5.74) is 6.68. The zero-order valence-corrected chi connectivity index (χ0v) is 20.5. The maximum atomic E-state index is 9.53. The summed E-state index contributed by atoms with van der Waals surface area (Å²) < 4.78 is 0. The Morgan fingerprint density at radius 3 is 2.97 bits per heavy atom. The van der Waals surface area contributed by atoms with Crippen LogP contribution in [-0.4, -0.2) is 71.1 Å². The van der Waals surface area contributed by atoms with Crippen molar-refractivity contribution in [2.75, 3.05) is 44.2 Å². The topological polar surface area (TPSA) is 71.3 Å². The van der Waals surface area contributed by atoms with Crippen molar-refractivity contribution in [1.82, 2.24) is 25.1 Å². The van der Waals surface area contributed by atoms with E-state index in [1.165, 1.54) is 22.5 Å². The molecule has 180 valence electrons. The average molecular weight is 468 g/mol. The number of anilines is 1. The number of nitriles is 1.